The summed E-state index contributed by atoms with van der Waals surface area (Å²) in [6.07, 6.45) is 1.26. The van der Waals surface area contributed by atoms with Gasteiger partial charge >= 0.3 is 0 Å². The van der Waals surface area contributed by atoms with Gasteiger partial charge in [-0.1, -0.05) is 35.3 Å². The van der Waals surface area contributed by atoms with Crippen molar-refractivity contribution in [2.75, 3.05) is 7.11 Å². The van der Waals surface area contributed by atoms with Crippen molar-refractivity contribution in [2.45, 2.75) is 9.79 Å². The molecule has 0 aliphatic carbocycles. The van der Waals surface area contributed by atoms with Crippen molar-refractivity contribution in [3.8, 4) is 16.9 Å². The third kappa shape index (κ3) is 3.74. The average Bonchev–Trinajstić information content (AvgIpc) is 2.72. The number of fused-ring (bicyclic) bond motifs is 1. The Morgan fingerprint density at radius 2 is 1.70 bits per heavy atom. The lowest BCUT2D eigenvalue weighted by Crippen LogP contribution is -2.06. The molecule has 0 bridgehead atoms. The Morgan fingerprint density at radius 3 is 2.40 bits per heavy atom. The first-order valence-corrected chi connectivity index (χ1v) is 11.0. The first kappa shape index (κ1) is 20.6. The second kappa shape index (κ2) is 7.87. The minimum Gasteiger partial charge on any atom is -0.497 e. The normalized spacial score (nSPS) is 11.6. The first-order chi connectivity index (χ1) is 14.3. The van der Waals surface area contributed by atoms with Gasteiger partial charge in [0.25, 0.3) is 0 Å². The number of halogens is 3. The lowest BCUT2D eigenvalue weighted by molar-refractivity contribution is 0.415. The summed E-state index contributed by atoms with van der Waals surface area (Å²) in [5.74, 6) is 0.0248. The SMILES string of the molecule is COc1cccc(-c2c(S(=O)(=O)c3cc(Cl)cc(Cl)c3)cnc3ccc(F)cc23)c1. The van der Waals surface area contributed by atoms with E-state index in [4.69, 9.17) is 27.9 Å². The summed E-state index contributed by atoms with van der Waals surface area (Å²) in [7, 11) is -2.57. The Balaban J connectivity index is 2.09. The minimum absolute atomic E-state index is 0.0818. The van der Waals surface area contributed by atoms with Crippen molar-refractivity contribution in [1.29, 1.82) is 0 Å². The van der Waals surface area contributed by atoms with E-state index in [0.717, 1.165) is 0 Å². The van der Waals surface area contributed by atoms with Crippen molar-refractivity contribution in [3.05, 3.63) is 82.7 Å². The molecule has 8 heteroatoms. The van der Waals surface area contributed by atoms with E-state index in [1.54, 1.807) is 24.3 Å². The second-order valence-corrected chi connectivity index (χ2v) is 9.29. The zero-order chi connectivity index (χ0) is 21.5. The number of aromatic nitrogens is 1. The summed E-state index contributed by atoms with van der Waals surface area (Å²) in [6.45, 7) is 0. The van der Waals surface area contributed by atoms with Gasteiger partial charge in [-0.2, -0.15) is 0 Å². The van der Waals surface area contributed by atoms with Crippen molar-refractivity contribution in [2.24, 2.45) is 0 Å². The van der Waals surface area contributed by atoms with E-state index in [1.807, 2.05) is 0 Å². The molecule has 0 aliphatic rings. The molecule has 4 aromatic rings. The maximum Gasteiger partial charge on any atom is 0.208 e. The quantitative estimate of drug-likeness (QED) is 0.363. The molecule has 3 aromatic carbocycles. The fraction of sp³-hybridized carbons (Fsp3) is 0.0455. The molecule has 0 fully saturated rings. The molecule has 0 radical (unpaired) electrons. The largest absolute Gasteiger partial charge is 0.497 e. The summed E-state index contributed by atoms with van der Waals surface area (Å²) in [5, 5.41) is 0.727. The van der Waals surface area contributed by atoms with Gasteiger partial charge in [0.15, 0.2) is 0 Å². The van der Waals surface area contributed by atoms with Crippen LogP contribution in [-0.2, 0) is 9.84 Å². The predicted octanol–water partition coefficient (Wildman–Crippen LogP) is 6.19. The molecular weight excluding hydrogens is 448 g/mol. The van der Waals surface area contributed by atoms with Gasteiger partial charge in [-0.05, 0) is 54.1 Å². The fourth-order valence-corrected chi connectivity index (χ4v) is 5.40. The number of ether oxygens (including phenoxy) is 1. The Morgan fingerprint density at radius 1 is 0.967 bits per heavy atom. The summed E-state index contributed by atoms with van der Waals surface area (Å²) in [5.41, 5.74) is 1.31. The van der Waals surface area contributed by atoms with E-state index in [2.05, 4.69) is 4.98 Å². The minimum atomic E-state index is -4.08. The highest BCUT2D eigenvalue weighted by Crippen LogP contribution is 2.38. The molecule has 152 valence electrons. The van der Waals surface area contributed by atoms with E-state index in [9.17, 15) is 12.8 Å². The van der Waals surface area contributed by atoms with Crippen molar-refractivity contribution < 1.29 is 17.5 Å². The third-order valence-corrected chi connectivity index (χ3v) is 6.77. The number of hydrogen-bond acceptors (Lipinski definition) is 4. The summed E-state index contributed by atoms with van der Waals surface area (Å²) in [4.78, 5) is 4.07. The second-order valence-electron chi connectivity index (χ2n) is 6.50. The Labute approximate surface area is 182 Å². The molecule has 0 N–H and O–H groups in total. The van der Waals surface area contributed by atoms with Crippen LogP contribution in [0.5, 0.6) is 5.75 Å². The average molecular weight is 462 g/mol. The molecular formula is C22H14Cl2FNO3S. The van der Waals surface area contributed by atoms with Crippen LogP contribution in [0.2, 0.25) is 10.0 Å². The highest BCUT2D eigenvalue weighted by atomic mass is 35.5. The molecule has 0 unspecified atom stereocenters. The van der Waals surface area contributed by atoms with Crippen molar-refractivity contribution in [1.82, 2.24) is 4.98 Å². The topological polar surface area (TPSA) is 56.3 Å². The van der Waals surface area contributed by atoms with E-state index in [-0.39, 0.29) is 19.8 Å². The van der Waals surface area contributed by atoms with E-state index in [1.165, 1.54) is 49.7 Å². The van der Waals surface area contributed by atoms with Crippen molar-refractivity contribution in [3.63, 3.8) is 0 Å². The Hall–Kier alpha value is -2.67. The summed E-state index contributed by atoms with van der Waals surface area (Å²) < 4.78 is 46.4. The van der Waals surface area contributed by atoms with Crippen LogP contribution in [0.15, 0.2) is 76.7 Å². The van der Waals surface area contributed by atoms with Crippen LogP contribution in [0, 0.1) is 5.82 Å². The number of rotatable bonds is 4. The first-order valence-electron chi connectivity index (χ1n) is 8.73. The third-order valence-electron chi connectivity index (χ3n) is 4.59. The van der Waals surface area contributed by atoms with E-state index < -0.39 is 15.7 Å². The van der Waals surface area contributed by atoms with Gasteiger partial charge in [0, 0.05) is 27.2 Å². The number of pyridine rings is 1. The maximum absolute atomic E-state index is 14.1. The molecule has 0 atom stereocenters. The standard InChI is InChI=1S/C22H14Cl2FNO3S/c1-29-17-4-2-3-13(7-17)22-19-11-16(25)5-6-20(19)26-12-21(22)30(27,28)18-9-14(23)8-15(24)10-18/h2-12H,1H3. The predicted molar refractivity (Wildman–Crippen MR) is 116 cm³/mol. The Bertz CT molecular complexity index is 1370. The molecule has 0 aliphatic heterocycles. The van der Waals surface area contributed by atoms with Gasteiger partial charge in [0.1, 0.15) is 11.6 Å². The lowest BCUT2D eigenvalue weighted by Gasteiger charge is -2.15. The van der Waals surface area contributed by atoms with Crippen LogP contribution in [0.25, 0.3) is 22.0 Å². The summed E-state index contributed by atoms with van der Waals surface area (Å²) in [6, 6.07) is 15.0. The van der Waals surface area contributed by atoms with Gasteiger partial charge in [0.05, 0.1) is 22.4 Å². The van der Waals surface area contributed by atoms with Gasteiger partial charge < -0.3 is 4.74 Å². The zero-order valence-electron chi connectivity index (χ0n) is 15.6. The molecule has 4 nitrogen and oxygen atoms in total. The number of nitrogens with zero attached hydrogens (tertiary/aromatic N) is 1. The number of methoxy groups -OCH3 is 1. The summed E-state index contributed by atoms with van der Waals surface area (Å²) >= 11 is 12.1. The number of hydrogen-bond donors (Lipinski definition) is 0. The van der Waals surface area contributed by atoms with Gasteiger partial charge in [-0.3, -0.25) is 4.98 Å². The van der Waals surface area contributed by atoms with Crippen LogP contribution in [-0.4, -0.2) is 20.5 Å². The molecule has 0 amide bonds. The highest BCUT2D eigenvalue weighted by Gasteiger charge is 2.26. The van der Waals surface area contributed by atoms with Crippen LogP contribution in [0.4, 0.5) is 4.39 Å². The van der Waals surface area contributed by atoms with Crippen molar-refractivity contribution >= 4 is 43.9 Å². The van der Waals surface area contributed by atoms with Crippen LogP contribution < -0.4 is 4.74 Å². The van der Waals surface area contributed by atoms with Crippen LogP contribution >= 0.6 is 23.2 Å². The van der Waals surface area contributed by atoms with Crippen LogP contribution in [0.3, 0.4) is 0 Å². The van der Waals surface area contributed by atoms with Gasteiger partial charge in [-0.15, -0.1) is 0 Å². The van der Waals surface area contributed by atoms with E-state index in [0.29, 0.717) is 27.8 Å². The smallest absolute Gasteiger partial charge is 0.208 e. The lowest BCUT2D eigenvalue weighted by atomic mass is 10.0. The molecule has 0 saturated heterocycles. The monoisotopic (exact) mass is 461 g/mol. The molecule has 0 spiro atoms. The van der Waals surface area contributed by atoms with Crippen LogP contribution in [0.1, 0.15) is 0 Å². The van der Waals surface area contributed by atoms with E-state index >= 15 is 0 Å². The molecule has 4 rings (SSSR count). The number of sulfone groups is 1. The fourth-order valence-electron chi connectivity index (χ4n) is 3.24. The molecule has 0 saturated carbocycles. The zero-order valence-corrected chi connectivity index (χ0v) is 17.9. The van der Waals surface area contributed by atoms with Gasteiger partial charge in [0.2, 0.25) is 9.84 Å². The number of benzene rings is 3. The Kier molecular flexibility index (Phi) is 5.40. The highest BCUT2D eigenvalue weighted by molar-refractivity contribution is 7.91. The molecule has 1 heterocycles. The van der Waals surface area contributed by atoms with Gasteiger partial charge in [-0.25, -0.2) is 12.8 Å². The maximum atomic E-state index is 14.1. The molecule has 30 heavy (non-hydrogen) atoms. The molecule has 1 aromatic heterocycles.